The summed E-state index contributed by atoms with van der Waals surface area (Å²) in [4.78, 5) is 22.6. The highest BCUT2D eigenvalue weighted by molar-refractivity contribution is 6.02. The molecule has 0 unspecified atom stereocenters. The second-order valence-electron chi connectivity index (χ2n) is 3.62. The number of aromatic amines is 1. The Bertz CT molecular complexity index is 601. The lowest BCUT2D eigenvalue weighted by Gasteiger charge is -2.05. The van der Waals surface area contributed by atoms with Crippen molar-refractivity contribution in [3.05, 3.63) is 58.0 Å². The maximum absolute atomic E-state index is 11.8. The summed E-state index contributed by atoms with van der Waals surface area (Å²) in [5.41, 5.74) is 1.000. The minimum Gasteiger partial charge on any atom is -0.392 e. The number of aromatic nitrogens is 2. The largest absolute Gasteiger partial charge is 0.392 e. The number of nitrogens with one attached hydrogen (secondary N) is 2. The molecule has 2 rings (SSSR count). The van der Waals surface area contributed by atoms with Gasteiger partial charge in [-0.05, 0) is 23.8 Å². The number of anilines is 1. The number of carbonyl (C=O) groups excluding carboxylic acids is 1. The van der Waals surface area contributed by atoms with Crippen molar-refractivity contribution in [1.82, 2.24) is 10.2 Å². The van der Waals surface area contributed by atoms with Crippen molar-refractivity contribution < 1.29 is 9.90 Å². The fourth-order valence-corrected chi connectivity index (χ4v) is 1.41. The number of amides is 1. The third-order valence-electron chi connectivity index (χ3n) is 2.28. The third-order valence-corrected chi connectivity index (χ3v) is 2.28. The highest BCUT2D eigenvalue weighted by Gasteiger charge is 2.07. The lowest BCUT2D eigenvalue weighted by atomic mass is 10.2. The summed E-state index contributed by atoms with van der Waals surface area (Å²) in [6, 6.07) is 9.39. The summed E-state index contributed by atoms with van der Waals surface area (Å²) in [5.74, 6) is -0.429. The number of hydrogen-bond donors (Lipinski definition) is 3. The summed E-state index contributed by atoms with van der Waals surface area (Å²) >= 11 is 0. The van der Waals surface area contributed by atoms with Crippen LogP contribution in [-0.4, -0.2) is 21.2 Å². The second kappa shape index (κ2) is 5.24. The van der Waals surface area contributed by atoms with E-state index in [-0.39, 0.29) is 17.9 Å². The summed E-state index contributed by atoms with van der Waals surface area (Å²) in [5, 5.41) is 17.4. The maximum Gasteiger partial charge on any atom is 0.276 e. The van der Waals surface area contributed by atoms with E-state index in [2.05, 4.69) is 15.5 Å². The Hall–Kier alpha value is -2.47. The first-order chi connectivity index (χ1) is 8.69. The van der Waals surface area contributed by atoms with Crippen LogP contribution in [0.3, 0.4) is 0 Å². The average Bonchev–Trinajstić information content (AvgIpc) is 2.39. The standard InChI is InChI=1S/C12H11N3O3/c16-7-8-2-1-3-9(6-8)13-12(18)10-4-5-11(17)15-14-10/h1-6,16H,7H2,(H,13,18)(H,15,17). The van der Waals surface area contributed by atoms with Crippen LogP contribution in [0.1, 0.15) is 16.1 Å². The highest BCUT2D eigenvalue weighted by atomic mass is 16.3. The summed E-state index contributed by atoms with van der Waals surface area (Å²) in [6.45, 7) is -0.0966. The molecule has 6 heteroatoms. The maximum atomic E-state index is 11.8. The van der Waals surface area contributed by atoms with E-state index in [0.717, 1.165) is 0 Å². The molecule has 0 radical (unpaired) electrons. The quantitative estimate of drug-likeness (QED) is 0.734. The zero-order chi connectivity index (χ0) is 13.0. The molecular formula is C12H11N3O3. The van der Waals surface area contributed by atoms with E-state index < -0.39 is 5.91 Å². The normalized spacial score (nSPS) is 10.1. The number of H-pyrrole nitrogens is 1. The first-order valence-corrected chi connectivity index (χ1v) is 5.26. The van der Waals surface area contributed by atoms with Crippen LogP contribution in [0, 0.1) is 0 Å². The molecule has 0 saturated carbocycles. The van der Waals surface area contributed by atoms with E-state index in [9.17, 15) is 9.59 Å². The van der Waals surface area contributed by atoms with Crippen LogP contribution in [0.15, 0.2) is 41.2 Å². The van der Waals surface area contributed by atoms with Crippen molar-refractivity contribution in [2.75, 3.05) is 5.32 Å². The van der Waals surface area contributed by atoms with E-state index >= 15 is 0 Å². The minimum absolute atomic E-state index is 0.0966. The Morgan fingerprint density at radius 3 is 2.83 bits per heavy atom. The number of hydrogen-bond acceptors (Lipinski definition) is 4. The highest BCUT2D eigenvalue weighted by Crippen LogP contribution is 2.11. The van der Waals surface area contributed by atoms with Gasteiger partial charge in [0.2, 0.25) is 0 Å². The molecule has 1 amide bonds. The molecule has 3 N–H and O–H groups in total. The minimum atomic E-state index is -0.429. The van der Waals surface area contributed by atoms with Gasteiger partial charge in [-0.15, -0.1) is 0 Å². The van der Waals surface area contributed by atoms with Crippen molar-refractivity contribution in [2.45, 2.75) is 6.61 Å². The van der Waals surface area contributed by atoms with Crippen molar-refractivity contribution >= 4 is 11.6 Å². The Morgan fingerprint density at radius 1 is 1.33 bits per heavy atom. The molecule has 0 spiro atoms. The first-order valence-electron chi connectivity index (χ1n) is 5.26. The van der Waals surface area contributed by atoms with E-state index in [4.69, 9.17) is 5.11 Å². The van der Waals surface area contributed by atoms with Gasteiger partial charge in [0.25, 0.3) is 11.5 Å². The molecule has 0 atom stereocenters. The van der Waals surface area contributed by atoms with E-state index in [1.807, 2.05) is 0 Å². The molecule has 0 aliphatic rings. The lowest BCUT2D eigenvalue weighted by Crippen LogP contribution is -2.17. The fraction of sp³-hybridized carbons (Fsp3) is 0.0833. The van der Waals surface area contributed by atoms with Gasteiger partial charge in [-0.25, -0.2) is 5.10 Å². The predicted molar refractivity (Wildman–Crippen MR) is 65.2 cm³/mol. The van der Waals surface area contributed by atoms with Gasteiger partial charge in [0.1, 0.15) is 5.69 Å². The summed E-state index contributed by atoms with van der Waals surface area (Å²) < 4.78 is 0. The molecule has 0 aliphatic heterocycles. The van der Waals surface area contributed by atoms with Crippen LogP contribution in [0.4, 0.5) is 5.69 Å². The zero-order valence-corrected chi connectivity index (χ0v) is 9.38. The van der Waals surface area contributed by atoms with Gasteiger partial charge in [0, 0.05) is 11.8 Å². The molecule has 1 aromatic carbocycles. The van der Waals surface area contributed by atoms with Crippen LogP contribution in [0.25, 0.3) is 0 Å². The molecule has 1 aromatic heterocycles. The van der Waals surface area contributed by atoms with Gasteiger partial charge in [-0.3, -0.25) is 9.59 Å². The van der Waals surface area contributed by atoms with Crippen molar-refractivity contribution in [3.63, 3.8) is 0 Å². The Morgan fingerprint density at radius 2 is 2.17 bits per heavy atom. The second-order valence-corrected chi connectivity index (χ2v) is 3.62. The topological polar surface area (TPSA) is 95.1 Å². The smallest absolute Gasteiger partial charge is 0.276 e. The van der Waals surface area contributed by atoms with Gasteiger partial charge in [-0.1, -0.05) is 12.1 Å². The first kappa shape index (κ1) is 12.0. The number of carbonyl (C=O) groups is 1. The summed E-state index contributed by atoms with van der Waals surface area (Å²) in [6.07, 6.45) is 0. The molecule has 0 saturated heterocycles. The van der Waals surface area contributed by atoms with Crippen LogP contribution in [0.2, 0.25) is 0 Å². The molecule has 0 fully saturated rings. The van der Waals surface area contributed by atoms with E-state index in [1.165, 1.54) is 12.1 Å². The van der Waals surface area contributed by atoms with Gasteiger partial charge >= 0.3 is 0 Å². The van der Waals surface area contributed by atoms with Crippen molar-refractivity contribution in [1.29, 1.82) is 0 Å². The molecular weight excluding hydrogens is 234 g/mol. The van der Waals surface area contributed by atoms with Crippen LogP contribution in [0.5, 0.6) is 0 Å². The third kappa shape index (κ3) is 2.80. The van der Waals surface area contributed by atoms with E-state index in [0.29, 0.717) is 11.3 Å². The zero-order valence-electron chi connectivity index (χ0n) is 9.38. The SMILES string of the molecule is O=C(Nc1cccc(CO)c1)c1ccc(=O)[nH]n1. The average molecular weight is 245 g/mol. The van der Waals surface area contributed by atoms with Crippen molar-refractivity contribution in [2.24, 2.45) is 0 Å². The molecule has 92 valence electrons. The van der Waals surface area contributed by atoms with Gasteiger partial charge in [-0.2, -0.15) is 5.10 Å². The lowest BCUT2D eigenvalue weighted by molar-refractivity contribution is 0.102. The summed E-state index contributed by atoms with van der Waals surface area (Å²) in [7, 11) is 0. The van der Waals surface area contributed by atoms with Gasteiger partial charge in [0.05, 0.1) is 6.61 Å². The molecule has 0 bridgehead atoms. The van der Waals surface area contributed by atoms with Crippen LogP contribution in [-0.2, 0) is 6.61 Å². The van der Waals surface area contributed by atoms with Crippen LogP contribution < -0.4 is 10.9 Å². The van der Waals surface area contributed by atoms with Gasteiger partial charge < -0.3 is 10.4 Å². The number of nitrogens with zero attached hydrogens (tertiary/aromatic N) is 1. The van der Waals surface area contributed by atoms with Crippen LogP contribution >= 0.6 is 0 Å². The Kier molecular flexibility index (Phi) is 3.49. The molecule has 6 nitrogen and oxygen atoms in total. The number of rotatable bonds is 3. The van der Waals surface area contributed by atoms with E-state index in [1.54, 1.807) is 24.3 Å². The fourth-order valence-electron chi connectivity index (χ4n) is 1.41. The number of aliphatic hydroxyl groups excluding tert-OH is 1. The van der Waals surface area contributed by atoms with Gasteiger partial charge in [0.15, 0.2) is 0 Å². The molecule has 18 heavy (non-hydrogen) atoms. The Balaban J connectivity index is 2.15. The molecule has 1 heterocycles. The number of benzene rings is 1. The number of aliphatic hydroxyl groups is 1. The van der Waals surface area contributed by atoms with Crippen molar-refractivity contribution in [3.8, 4) is 0 Å². The predicted octanol–water partition coefficient (Wildman–Crippen LogP) is 0.514. The molecule has 2 aromatic rings. The molecule has 0 aliphatic carbocycles. The monoisotopic (exact) mass is 245 g/mol. The Labute approximate surface area is 102 Å².